The van der Waals surface area contributed by atoms with E-state index < -0.39 is 12.7 Å². The van der Waals surface area contributed by atoms with E-state index in [1.165, 1.54) is 6.07 Å². The fraction of sp³-hybridized carbons (Fsp3) is 0.391. The summed E-state index contributed by atoms with van der Waals surface area (Å²) < 4.78 is 54.6. The SMILES string of the molecule is [2H]c1c(C([2H])(C)CCCC)cnc(C2=c3oc4nc(C([2H])([2H])[2H])ccc4c3=CCC2)c1[2H]. The molecule has 1 atom stereocenters. The molecule has 0 amide bonds. The Labute approximate surface area is 162 Å². The van der Waals surface area contributed by atoms with E-state index in [1.807, 2.05) is 6.08 Å². The first-order valence-corrected chi connectivity index (χ1v) is 9.15. The van der Waals surface area contributed by atoms with Gasteiger partial charge in [-0.15, -0.1) is 0 Å². The zero-order valence-corrected chi connectivity index (χ0v) is 15.1. The molecule has 0 saturated carbocycles. The standard InChI is InChI=1S/C23H26N2O/c1-4-5-7-15(2)17-11-13-21(24-14-17)20-9-6-8-18-19-12-10-16(3)25-23(19)26-22(18)20/h8,10-15H,4-7,9H2,1-3H3/i3D3,11D,13D,15D. The molecule has 3 nitrogen and oxygen atoms in total. The minimum atomic E-state index is -2.33. The van der Waals surface area contributed by atoms with Gasteiger partial charge in [-0.05, 0) is 55.7 Å². The van der Waals surface area contributed by atoms with Crippen molar-refractivity contribution in [1.29, 1.82) is 0 Å². The van der Waals surface area contributed by atoms with Crippen molar-refractivity contribution >= 4 is 22.7 Å². The lowest BCUT2D eigenvalue weighted by Crippen LogP contribution is -2.26. The number of nitrogens with zero attached hydrogens (tertiary/aromatic N) is 2. The highest BCUT2D eigenvalue weighted by molar-refractivity contribution is 5.78. The second kappa shape index (κ2) is 7.06. The molecule has 0 N–H and O–H groups in total. The van der Waals surface area contributed by atoms with Crippen LogP contribution >= 0.6 is 0 Å². The van der Waals surface area contributed by atoms with E-state index in [-0.39, 0.29) is 23.5 Å². The monoisotopic (exact) mass is 352 g/mol. The first kappa shape index (κ1) is 11.3. The van der Waals surface area contributed by atoms with Crippen molar-refractivity contribution in [1.82, 2.24) is 9.97 Å². The van der Waals surface area contributed by atoms with Gasteiger partial charge in [0.2, 0.25) is 5.71 Å². The van der Waals surface area contributed by atoms with E-state index >= 15 is 0 Å². The number of furan rings is 1. The summed E-state index contributed by atoms with van der Waals surface area (Å²) >= 11 is 0. The summed E-state index contributed by atoms with van der Waals surface area (Å²) in [6.45, 7) is 1.50. The molecular formula is C23H26N2O. The first-order chi connectivity index (χ1) is 15.0. The van der Waals surface area contributed by atoms with Crippen molar-refractivity contribution in [2.75, 3.05) is 0 Å². The molecule has 0 aliphatic heterocycles. The van der Waals surface area contributed by atoms with Crippen LogP contribution in [0.5, 0.6) is 0 Å². The molecule has 3 heteroatoms. The van der Waals surface area contributed by atoms with E-state index in [1.54, 1.807) is 19.2 Å². The minimum absolute atomic E-state index is 0.0167. The summed E-state index contributed by atoms with van der Waals surface area (Å²) in [6, 6.07) is 3.20. The first-order valence-electron chi connectivity index (χ1n) is 12.1. The topological polar surface area (TPSA) is 38.9 Å². The second-order valence-electron chi connectivity index (χ2n) is 6.77. The Bertz CT molecular complexity index is 1310. The van der Waals surface area contributed by atoms with Gasteiger partial charge < -0.3 is 4.42 Å². The number of aryl methyl sites for hydroxylation is 1. The highest BCUT2D eigenvalue weighted by Gasteiger charge is 2.15. The molecule has 1 aliphatic rings. The normalized spacial score (nSPS) is 20.0. The Morgan fingerprint density at radius 3 is 3.15 bits per heavy atom. The number of unbranched alkanes of at least 4 members (excludes halogenated alkanes) is 1. The highest BCUT2D eigenvalue weighted by atomic mass is 16.3. The maximum absolute atomic E-state index is 8.66. The van der Waals surface area contributed by atoms with Crippen LogP contribution in [0.3, 0.4) is 0 Å². The van der Waals surface area contributed by atoms with Gasteiger partial charge in [-0.3, -0.25) is 4.98 Å². The number of hydrogen-bond donors (Lipinski definition) is 0. The van der Waals surface area contributed by atoms with Crippen LogP contribution in [0.1, 0.15) is 77.0 Å². The summed E-state index contributed by atoms with van der Waals surface area (Å²) in [6.07, 6.45) is 7.30. The molecule has 3 aromatic rings. The Morgan fingerprint density at radius 2 is 2.31 bits per heavy atom. The van der Waals surface area contributed by atoms with Crippen LogP contribution in [-0.4, -0.2) is 9.97 Å². The van der Waals surface area contributed by atoms with Crippen molar-refractivity contribution in [2.45, 2.75) is 58.7 Å². The van der Waals surface area contributed by atoms with Crippen LogP contribution in [0.15, 0.2) is 34.8 Å². The fourth-order valence-corrected chi connectivity index (χ4v) is 3.39. The molecule has 0 radical (unpaired) electrons. The molecule has 0 aromatic carbocycles. The lowest BCUT2D eigenvalue weighted by molar-refractivity contribution is 0.556. The quantitative estimate of drug-likeness (QED) is 0.674. The average molecular weight is 353 g/mol. The van der Waals surface area contributed by atoms with E-state index in [0.717, 1.165) is 23.4 Å². The van der Waals surface area contributed by atoms with Gasteiger partial charge in [0, 0.05) is 33.6 Å². The number of aromatic nitrogens is 2. The second-order valence-corrected chi connectivity index (χ2v) is 6.77. The van der Waals surface area contributed by atoms with E-state index in [9.17, 15) is 0 Å². The summed E-state index contributed by atoms with van der Waals surface area (Å²) in [5.74, 6) is -0.973. The smallest absolute Gasteiger partial charge is 0.227 e. The summed E-state index contributed by atoms with van der Waals surface area (Å²) in [5.41, 5.74) is 2.27. The molecule has 1 unspecified atom stereocenters. The highest BCUT2D eigenvalue weighted by Crippen LogP contribution is 2.24. The van der Waals surface area contributed by atoms with E-state index in [0.29, 0.717) is 41.5 Å². The molecule has 4 rings (SSSR count). The fourth-order valence-electron chi connectivity index (χ4n) is 3.39. The Balaban J connectivity index is 1.89. The largest absolute Gasteiger partial charge is 0.437 e. The maximum Gasteiger partial charge on any atom is 0.227 e. The predicted octanol–water partition coefficient (Wildman–Crippen LogP) is 4.60. The Kier molecular flexibility index (Phi) is 3.08. The summed E-state index contributed by atoms with van der Waals surface area (Å²) in [5, 5.41) is 1.54. The van der Waals surface area contributed by atoms with Crippen LogP contribution in [0.4, 0.5) is 0 Å². The zero-order chi connectivity index (χ0) is 23.3. The van der Waals surface area contributed by atoms with Gasteiger partial charge in [0.05, 0.1) is 8.44 Å². The molecule has 0 spiro atoms. The van der Waals surface area contributed by atoms with Crippen molar-refractivity contribution in [3.63, 3.8) is 0 Å². The number of fused-ring (bicyclic) bond motifs is 3. The van der Waals surface area contributed by atoms with Gasteiger partial charge in [0.1, 0.15) is 5.42 Å². The van der Waals surface area contributed by atoms with Crippen molar-refractivity contribution in [3.8, 4) is 0 Å². The minimum Gasteiger partial charge on any atom is -0.437 e. The van der Waals surface area contributed by atoms with Gasteiger partial charge in [-0.1, -0.05) is 38.8 Å². The lowest BCUT2D eigenvalue weighted by Gasteiger charge is -2.12. The van der Waals surface area contributed by atoms with Crippen molar-refractivity contribution < 1.29 is 12.6 Å². The maximum atomic E-state index is 8.66. The Morgan fingerprint density at radius 1 is 1.38 bits per heavy atom. The molecular weight excluding hydrogens is 320 g/mol. The average Bonchev–Trinajstić information content (AvgIpc) is 3.11. The third-order valence-corrected chi connectivity index (χ3v) is 4.90. The van der Waals surface area contributed by atoms with Gasteiger partial charge in [0.15, 0.2) is 0 Å². The van der Waals surface area contributed by atoms with Crippen LogP contribution in [-0.2, 0) is 0 Å². The third kappa shape index (κ3) is 3.07. The van der Waals surface area contributed by atoms with E-state index in [2.05, 4.69) is 16.9 Å². The molecule has 3 aromatic heterocycles. The van der Waals surface area contributed by atoms with Crippen LogP contribution in [0, 0.1) is 6.85 Å². The van der Waals surface area contributed by atoms with Crippen molar-refractivity contribution in [2.24, 2.45) is 0 Å². The zero-order valence-electron chi connectivity index (χ0n) is 21.1. The van der Waals surface area contributed by atoms with Gasteiger partial charge in [-0.2, -0.15) is 0 Å². The molecule has 134 valence electrons. The Hall–Kier alpha value is -2.42. The lowest BCUT2D eigenvalue weighted by atomic mass is 9.95. The number of rotatable bonds is 5. The molecule has 0 fully saturated rings. The van der Waals surface area contributed by atoms with Gasteiger partial charge in [0.25, 0.3) is 0 Å². The third-order valence-electron chi connectivity index (χ3n) is 4.90. The van der Waals surface area contributed by atoms with Gasteiger partial charge in [-0.25, -0.2) is 4.98 Å². The molecule has 3 heterocycles. The van der Waals surface area contributed by atoms with Crippen LogP contribution < -0.4 is 10.6 Å². The summed E-state index contributed by atoms with van der Waals surface area (Å²) in [4.78, 5) is 8.72. The number of hydrogen-bond acceptors (Lipinski definition) is 3. The molecule has 0 saturated heterocycles. The summed E-state index contributed by atoms with van der Waals surface area (Å²) in [7, 11) is 0. The number of pyridine rings is 2. The molecule has 0 bridgehead atoms. The molecule has 26 heavy (non-hydrogen) atoms. The predicted molar refractivity (Wildman–Crippen MR) is 106 cm³/mol. The van der Waals surface area contributed by atoms with E-state index in [4.69, 9.17) is 12.6 Å². The van der Waals surface area contributed by atoms with Gasteiger partial charge >= 0.3 is 0 Å². The van der Waals surface area contributed by atoms with Crippen molar-refractivity contribution in [3.05, 3.63) is 58.0 Å². The van der Waals surface area contributed by atoms with Crippen LogP contribution in [0.25, 0.3) is 22.7 Å². The molecule has 1 aliphatic carbocycles. The van der Waals surface area contributed by atoms with Crippen LogP contribution in [0.2, 0.25) is 0 Å².